The van der Waals surface area contributed by atoms with Crippen LogP contribution in [0.25, 0.3) is 22.6 Å². The number of rotatable bonds is 12. The van der Waals surface area contributed by atoms with E-state index >= 15 is 0 Å². The van der Waals surface area contributed by atoms with Crippen molar-refractivity contribution in [3.05, 3.63) is 92.1 Å². The van der Waals surface area contributed by atoms with Gasteiger partial charge in [-0.15, -0.1) is 0 Å². The summed E-state index contributed by atoms with van der Waals surface area (Å²) in [5.74, 6) is 1.53. The molecule has 0 unspecified atom stereocenters. The number of nitrogen functional groups attached to an aromatic ring is 1. The zero-order valence-corrected chi connectivity index (χ0v) is 27.7. The molecule has 1 aliphatic carbocycles. The molecule has 48 heavy (non-hydrogen) atoms. The van der Waals surface area contributed by atoms with Gasteiger partial charge in [0.1, 0.15) is 11.2 Å². The number of fused-ring (bicyclic) bond motifs is 2. The summed E-state index contributed by atoms with van der Waals surface area (Å²) in [6.45, 7) is 3.93. The Kier molecular flexibility index (Phi) is 10.0. The Morgan fingerprint density at radius 2 is 1.31 bits per heavy atom. The lowest BCUT2D eigenvalue weighted by molar-refractivity contribution is 0.0947. The number of nitrogens with two attached hydrogens (primary N) is 1. The summed E-state index contributed by atoms with van der Waals surface area (Å²) in [6.07, 6.45) is 1.000. The van der Waals surface area contributed by atoms with Gasteiger partial charge in [0.25, 0.3) is 11.8 Å². The average Bonchev–Trinajstić information content (AvgIpc) is 3.10. The van der Waals surface area contributed by atoms with Crippen molar-refractivity contribution in [3.8, 4) is 34.5 Å². The number of carbonyl (C=O) groups excluding carboxylic acids is 2. The Balaban J connectivity index is 1.44. The summed E-state index contributed by atoms with van der Waals surface area (Å²) in [5, 5.41) is 5.78. The molecule has 0 fully saturated rings. The van der Waals surface area contributed by atoms with E-state index in [4.69, 9.17) is 34.1 Å². The van der Waals surface area contributed by atoms with E-state index in [0.717, 1.165) is 11.1 Å². The predicted molar refractivity (Wildman–Crippen MR) is 182 cm³/mol. The molecule has 2 amide bonds. The van der Waals surface area contributed by atoms with Crippen LogP contribution in [0.4, 0.5) is 5.69 Å². The van der Waals surface area contributed by atoms with Crippen LogP contribution in [-0.2, 0) is 12.8 Å². The van der Waals surface area contributed by atoms with Crippen molar-refractivity contribution in [1.29, 1.82) is 0 Å². The summed E-state index contributed by atoms with van der Waals surface area (Å²) in [7, 11) is 6.24. The Morgan fingerprint density at radius 1 is 0.771 bits per heavy atom. The molecule has 12 heteroatoms. The molecule has 0 spiro atoms. The van der Waals surface area contributed by atoms with Crippen molar-refractivity contribution >= 4 is 28.6 Å². The topological polar surface area (TPSA) is 164 Å². The number of hydrogen-bond donors (Lipinski definition) is 3. The van der Waals surface area contributed by atoms with Crippen LogP contribution in [0.2, 0.25) is 0 Å². The number of methoxy groups -OCH3 is 4. The fourth-order valence-corrected chi connectivity index (χ4v) is 5.50. The highest BCUT2D eigenvalue weighted by atomic mass is 16.5. The molecule has 1 heterocycles. The second-order valence-electron chi connectivity index (χ2n) is 11.1. The van der Waals surface area contributed by atoms with Gasteiger partial charge in [0, 0.05) is 18.7 Å². The SMILES string of the molecule is COc1ccc(CCNC(=O)c2c3nc4c(C(=O)NCCc5ccc(OC)c(OC)c5)ccc(C)c4oc-3c(C)c(=O)c2N)cc1OC. The number of nitrogens with zero attached hydrogens (tertiary/aromatic N) is 1. The number of aromatic nitrogens is 1. The van der Waals surface area contributed by atoms with Crippen molar-refractivity contribution < 1.29 is 33.0 Å². The quantitative estimate of drug-likeness (QED) is 0.129. The predicted octanol–water partition coefficient (Wildman–Crippen LogP) is 4.47. The van der Waals surface area contributed by atoms with E-state index in [-0.39, 0.29) is 51.8 Å². The molecule has 3 aromatic carbocycles. The molecule has 1 aliphatic heterocycles. The normalized spacial score (nSPS) is 11.0. The van der Waals surface area contributed by atoms with Gasteiger partial charge < -0.3 is 39.7 Å². The Bertz CT molecular complexity index is 2040. The van der Waals surface area contributed by atoms with Crippen molar-refractivity contribution in [1.82, 2.24) is 15.6 Å². The van der Waals surface area contributed by atoms with Crippen molar-refractivity contribution in [3.63, 3.8) is 0 Å². The lowest BCUT2D eigenvalue weighted by atomic mass is 9.99. The molecule has 2 aliphatic rings. The smallest absolute Gasteiger partial charge is 0.255 e. The zero-order chi connectivity index (χ0) is 34.5. The van der Waals surface area contributed by atoms with Gasteiger partial charge in [-0.1, -0.05) is 18.2 Å². The first-order valence-corrected chi connectivity index (χ1v) is 15.3. The number of ether oxygens (including phenoxy) is 4. The first kappa shape index (κ1) is 33.6. The van der Waals surface area contributed by atoms with E-state index in [1.165, 1.54) is 0 Å². The second kappa shape index (κ2) is 14.3. The molecule has 0 aromatic heterocycles. The van der Waals surface area contributed by atoms with Crippen molar-refractivity contribution in [2.24, 2.45) is 0 Å². The molecule has 0 saturated heterocycles. The molecule has 0 saturated carbocycles. The Morgan fingerprint density at radius 3 is 1.85 bits per heavy atom. The number of hydrogen-bond acceptors (Lipinski definition) is 10. The van der Waals surface area contributed by atoms with Crippen molar-refractivity contribution in [2.75, 3.05) is 47.3 Å². The minimum absolute atomic E-state index is 0.0886. The number of nitrogens with one attached hydrogen (secondary N) is 2. The molecule has 12 nitrogen and oxygen atoms in total. The maximum absolute atomic E-state index is 13.6. The second-order valence-corrected chi connectivity index (χ2v) is 11.1. The lowest BCUT2D eigenvalue weighted by Crippen LogP contribution is -2.30. The van der Waals surface area contributed by atoms with E-state index in [9.17, 15) is 14.4 Å². The zero-order valence-electron chi connectivity index (χ0n) is 27.7. The van der Waals surface area contributed by atoms with Gasteiger partial charge >= 0.3 is 0 Å². The molecular formula is C36H38N4O8. The van der Waals surface area contributed by atoms with Gasteiger partial charge in [-0.25, -0.2) is 4.98 Å². The minimum atomic E-state index is -0.592. The number of aryl methyl sites for hydroxylation is 1. The fourth-order valence-electron chi connectivity index (χ4n) is 5.50. The van der Waals surface area contributed by atoms with E-state index in [2.05, 4.69) is 10.6 Å². The van der Waals surface area contributed by atoms with E-state index < -0.39 is 11.3 Å². The van der Waals surface area contributed by atoms with Crippen LogP contribution >= 0.6 is 0 Å². The maximum atomic E-state index is 13.6. The van der Waals surface area contributed by atoms with Gasteiger partial charge in [-0.2, -0.15) is 0 Å². The van der Waals surface area contributed by atoms with Gasteiger partial charge in [0.2, 0.25) is 5.43 Å². The first-order valence-electron chi connectivity index (χ1n) is 15.3. The van der Waals surface area contributed by atoms with Crippen LogP contribution in [0.1, 0.15) is 43.0 Å². The third-order valence-electron chi connectivity index (χ3n) is 8.17. The highest BCUT2D eigenvalue weighted by molar-refractivity contribution is 6.08. The van der Waals surface area contributed by atoms with E-state index in [1.807, 2.05) is 37.3 Å². The molecule has 0 radical (unpaired) electrons. The third kappa shape index (κ3) is 6.55. The van der Waals surface area contributed by atoms with E-state index in [0.29, 0.717) is 53.5 Å². The third-order valence-corrected chi connectivity index (χ3v) is 8.17. The standard InChI is InChI=1S/C36H38N4O8/c1-19-7-10-23(35(42)38-15-13-21-8-11-24(44-3)26(17-21)46-5)30-33(19)48-34-20(2)32(41)29(37)28(31(34)40-30)36(43)39-16-14-22-9-12-25(45-4)27(18-22)47-6/h7-12,17-18H,13-16,37H2,1-6H3,(H,38,42)(H,39,43). The lowest BCUT2D eigenvalue weighted by Gasteiger charge is -2.17. The number of benzene rings is 4. The monoisotopic (exact) mass is 654 g/mol. The molecule has 0 atom stereocenters. The molecule has 4 N–H and O–H groups in total. The van der Waals surface area contributed by atoms with Gasteiger partial charge in [0.15, 0.2) is 34.3 Å². The summed E-state index contributed by atoms with van der Waals surface area (Å²) in [4.78, 5) is 45.0. The van der Waals surface area contributed by atoms with Crippen LogP contribution in [0, 0.1) is 13.8 Å². The molecule has 3 aromatic rings. The number of amides is 2. The maximum Gasteiger partial charge on any atom is 0.255 e. The van der Waals surface area contributed by atoms with Gasteiger partial charge in [-0.05, 0) is 73.7 Å². The van der Waals surface area contributed by atoms with Crippen LogP contribution in [0.3, 0.4) is 0 Å². The van der Waals surface area contributed by atoms with Crippen LogP contribution < -0.4 is 40.7 Å². The Hall–Kier alpha value is -5.78. The summed E-state index contributed by atoms with van der Waals surface area (Å²) >= 11 is 0. The molecule has 0 bridgehead atoms. The summed E-state index contributed by atoms with van der Waals surface area (Å²) in [6, 6.07) is 14.4. The first-order chi connectivity index (χ1) is 23.1. The molecule has 250 valence electrons. The molecular weight excluding hydrogens is 616 g/mol. The van der Waals surface area contributed by atoms with Crippen molar-refractivity contribution in [2.45, 2.75) is 26.7 Å². The van der Waals surface area contributed by atoms with Crippen LogP contribution in [0.15, 0.2) is 57.7 Å². The summed E-state index contributed by atoms with van der Waals surface area (Å²) < 4.78 is 27.6. The largest absolute Gasteiger partial charge is 0.493 e. The van der Waals surface area contributed by atoms with Gasteiger partial charge in [-0.3, -0.25) is 14.4 Å². The highest BCUT2D eigenvalue weighted by Gasteiger charge is 2.29. The van der Waals surface area contributed by atoms with Crippen LogP contribution in [0.5, 0.6) is 23.0 Å². The minimum Gasteiger partial charge on any atom is -0.493 e. The fraction of sp³-hybridized carbons (Fsp3) is 0.278. The van der Waals surface area contributed by atoms with Crippen LogP contribution in [-0.4, -0.2) is 58.3 Å². The highest BCUT2D eigenvalue weighted by Crippen LogP contribution is 2.35. The Labute approximate surface area is 277 Å². The summed E-state index contributed by atoms with van der Waals surface area (Å²) in [5.41, 5.74) is 9.01. The average molecular weight is 655 g/mol. The number of anilines is 1. The molecule has 5 rings (SSSR count). The van der Waals surface area contributed by atoms with E-state index in [1.54, 1.807) is 53.6 Å². The van der Waals surface area contributed by atoms with Gasteiger partial charge in [0.05, 0.1) is 45.3 Å². The number of carbonyl (C=O) groups is 2.